The Morgan fingerprint density at radius 2 is 1.75 bits per heavy atom. The van der Waals surface area contributed by atoms with Gasteiger partial charge in [-0.1, -0.05) is 13.0 Å². The second-order valence-corrected chi connectivity index (χ2v) is 5.96. The summed E-state index contributed by atoms with van der Waals surface area (Å²) < 4.78 is 12.0. The number of rotatable bonds is 4. The highest BCUT2D eigenvalue weighted by Gasteiger charge is 2.52. The highest BCUT2D eigenvalue weighted by atomic mass is 35.5. The van der Waals surface area contributed by atoms with Crippen LogP contribution in [0.3, 0.4) is 0 Å². The number of pyridine rings is 1. The van der Waals surface area contributed by atoms with Gasteiger partial charge in [0, 0.05) is 6.54 Å². The van der Waals surface area contributed by atoms with Crippen LogP contribution in [-0.4, -0.2) is 29.8 Å². The van der Waals surface area contributed by atoms with Gasteiger partial charge in [0.2, 0.25) is 0 Å². The van der Waals surface area contributed by atoms with Crippen LogP contribution in [0.15, 0.2) is 18.2 Å². The maximum atomic E-state index is 6.00. The summed E-state index contributed by atoms with van der Waals surface area (Å²) in [5.74, 6) is 0.870. The molecule has 2 rings (SSSR count). The standard InChI is InChI=1S/C14H23BN2O2.ClH/c1-6-10-16-12-9-7-8-11(17-12)15-18-13(2,3)14(4,5)19-15;/h7-9H,6,10H2,1-5H3,(H,16,17);1H. The molecule has 1 N–H and O–H groups in total. The van der Waals surface area contributed by atoms with E-state index in [-0.39, 0.29) is 23.6 Å². The first-order valence-electron chi connectivity index (χ1n) is 6.92. The van der Waals surface area contributed by atoms with Gasteiger partial charge < -0.3 is 14.6 Å². The van der Waals surface area contributed by atoms with Crippen molar-refractivity contribution in [3.63, 3.8) is 0 Å². The van der Waals surface area contributed by atoms with E-state index in [9.17, 15) is 0 Å². The van der Waals surface area contributed by atoms with E-state index in [0.29, 0.717) is 0 Å². The van der Waals surface area contributed by atoms with Gasteiger partial charge in [0.05, 0.1) is 16.8 Å². The van der Waals surface area contributed by atoms with Crippen molar-refractivity contribution in [2.24, 2.45) is 0 Å². The third-order valence-electron chi connectivity index (χ3n) is 3.82. The largest absolute Gasteiger partial charge is 0.514 e. The van der Waals surface area contributed by atoms with Crippen LogP contribution in [0.5, 0.6) is 0 Å². The maximum Gasteiger partial charge on any atom is 0.514 e. The number of hydrogen-bond acceptors (Lipinski definition) is 4. The first kappa shape index (κ1) is 17.3. The zero-order valence-corrected chi connectivity index (χ0v) is 13.7. The Balaban J connectivity index is 0.00000200. The van der Waals surface area contributed by atoms with Crippen LogP contribution < -0.4 is 10.9 Å². The normalized spacial score (nSPS) is 19.6. The topological polar surface area (TPSA) is 43.4 Å². The summed E-state index contributed by atoms with van der Waals surface area (Å²) >= 11 is 0. The smallest absolute Gasteiger partial charge is 0.398 e. The highest BCUT2D eigenvalue weighted by molar-refractivity contribution is 6.61. The van der Waals surface area contributed by atoms with Crippen molar-refractivity contribution in [1.82, 2.24) is 4.98 Å². The molecular weight excluding hydrogens is 274 g/mol. The van der Waals surface area contributed by atoms with E-state index in [4.69, 9.17) is 9.31 Å². The van der Waals surface area contributed by atoms with Gasteiger partial charge in [0.25, 0.3) is 0 Å². The van der Waals surface area contributed by atoms with Crippen molar-refractivity contribution in [3.8, 4) is 0 Å². The lowest BCUT2D eigenvalue weighted by Gasteiger charge is -2.32. The minimum Gasteiger partial charge on any atom is -0.398 e. The van der Waals surface area contributed by atoms with Crippen LogP contribution in [0.1, 0.15) is 41.0 Å². The van der Waals surface area contributed by atoms with Crippen molar-refractivity contribution < 1.29 is 9.31 Å². The molecule has 0 aliphatic carbocycles. The number of anilines is 1. The van der Waals surface area contributed by atoms with E-state index in [2.05, 4.69) is 17.2 Å². The minimum atomic E-state index is -0.395. The third-order valence-corrected chi connectivity index (χ3v) is 3.82. The number of nitrogens with zero attached hydrogens (tertiary/aromatic N) is 1. The Bertz CT molecular complexity index is 439. The van der Waals surface area contributed by atoms with Crippen LogP contribution in [0.2, 0.25) is 0 Å². The summed E-state index contributed by atoms with van der Waals surface area (Å²) in [5.41, 5.74) is 0.165. The zero-order valence-electron chi connectivity index (χ0n) is 12.9. The van der Waals surface area contributed by atoms with Crippen LogP contribution in [0, 0.1) is 0 Å². The molecule has 0 amide bonds. The molecule has 20 heavy (non-hydrogen) atoms. The van der Waals surface area contributed by atoms with Crippen molar-refractivity contribution in [2.75, 3.05) is 11.9 Å². The fourth-order valence-corrected chi connectivity index (χ4v) is 1.90. The summed E-state index contributed by atoms with van der Waals surface area (Å²) in [4.78, 5) is 4.56. The molecule has 1 aliphatic rings. The first-order valence-corrected chi connectivity index (χ1v) is 6.92. The van der Waals surface area contributed by atoms with Gasteiger partial charge >= 0.3 is 7.12 Å². The fourth-order valence-electron chi connectivity index (χ4n) is 1.90. The summed E-state index contributed by atoms with van der Waals surface area (Å²) in [7, 11) is -0.395. The molecule has 2 heterocycles. The molecule has 1 aromatic rings. The van der Waals surface area contributed by atoms with E-state index < -0.39 is 7.12 Å². The molecule has 0 spiro atoms. The molecule has 112 valence electrons. The summed E-state index contributed by atoms with van der Waals surface area (Å²) in [5, 5.41) is 3.28. The molecule has 6 heteroatoms. The van der Waals surface area contributed by atoms with Gasteiger partial charge in [-0.05, 0) is 46.2 Å². The van der Waals surface area contributed by atoms with Crippen LogP contribution in [0.4, 0.5) is 5.82 Å². The fraction of sp³-hybridized carbons (Fsp3) is 0.643. The van der Waals surface area contributed by atoms with E-state index in [1.54, 1.807) is 0 Å². The van der Waals surface area contributed by atoms with Crippen molar-refractivity contribution >= 4 is 30.9 Å². The second kappa shape index (κ2) is 6.33. The zero-order chi connectivity index (χ0) is 14.1. The lowest BCUT2D eigenvalue weighted by molar-refractivity contribution is 0.00578. The Kier molecular flexibility index (Phi) is 5.47. The highest BCUT2D eigenvalue weighted by Crippen LogP contribution is 2.36. The average Bonchev–Trinajstić information content (AvgIpc) is 2.56. The molecule has 1 aromatic heterocycles. The number of halogens is 1. The molecule has 0 saturated carbocycles. The van der Waals surface area contributed by atoms with Gasteiger partial charge in [-0.15, -0.1) is 12.4 Å². The predicted octanol–water partition coefficient (Wildman–Crippen LogP) is 2.62. The van der Waals surface area contributed by atoms with Crippen molar-refractivity contribution in [3.05, 3.63) is 18.2 Å². The predicted molar refractivity (Wildman–Crippen MR) is 86.0 cm³/mol. The van der Waals surface area contributed by atoms with E-state index >= 15 is 0 Å². The Morgan fingerprint density at radius 1 is 1.15 bits per heavy atom. The second-order valence-electron chi connectivity index (χ2n) is 5.96. The van der Waals surface area contributed by atoms with E-state index in [1.165, 1.54) is 0 Å². The van der Waals surface area contributed by atoms with Crippen LogP contribution in [0.25, 0.3) is 0 Å². The van der Waals surface area contributed by atoms with Gasteiger partial charge in [0.1, 0.15) is 5.82 Å². The molecule has 0 unspecified atom stereocenters. The molecule has 0 bridgehead atoms. The molecule has 0 aromatic carbocycles. The van der Waals surface area contributed by atoms with Crippen LogP contribution in [-0.2, 0) is 9.31 Å². The summed E-state index contributed by atoms with van der Waals surface area (Å²) in [6, 6.07) is 5.88. The SMILES string of the molecule is CCCNc1cccc(B2OC(C)(C)C(C)(C)O2)n1.Cl. The van der Waals surface area contributed by atoms with Crippen LogP contribution >= 0.6 is 12.4 Å². The summed E-state index contributed by atoms with van der Waals surface area (Å²) in [6.45, 7) is 11.2. The van der Waals surface area contributed by atoms with Gasteiger partial charge in [-0.2, -0.15) is 0 Å². The molecule has 1 fully saturated rings. The first-order chi connectivity index (χ1) is 8.86. The molecule has 0 radical (unpaired) electrons. The summed E-state index contributed by atoms with van der Waals surface area (Å²) in [6.07, 6.45) is 1.07. The monoisotopic (exact) mass is 298 g/mol. The number of aromatic nitrogens is 1. The molecule has 0 atom stereocenters. The van der Waals surface area contributed by atoms with E-state index in [0.717, 1.165) is 24.4 Å². The van der Waals surface area contributed by atoms with Gasteiger partial charge in [-0.25, -0.2) is 4.98 Å². The average molecular weight is 299 g/mol. The Labute approximate surface area is 128 Å². The maximum absolute atomic E-state index is 6.00. The van der Waals surface area contributed by atoms with Gasteiger partial charge in [0.15, 0.2) is 0 Å². The lowest BCUT2D eigenvalue weighted by Crippen LogP contribution is -2.41. The Hall–Kier alpha value is -0.775. The molecule has 4 nitrogen and oxygen atoms in total. The van der Waals surface area contributed by atoms with Crippen molar-refractivity contribution in [1.29, 1.82) is 0 Å². The minimum absolute atomic E-state index is 0. The quantitative estimate of drug-likeness (QED) is 0.868. The van der Waals surface area contributed by atoms with Gasteiger partial charge in [-0.3, -0.25) is 0 Å². The number of nitrogens with one attached hydrogen (secondary N) is 1. The molecule has 1 saturated heterocycles. The molecular formula is C14H24BClN2O2. The lowest BCUT2D eigenvalue weighted by atomic mass is 9.84. The third kappa shape index (κ3) is 3.46. The van der Waals surface area contributed by atoms with Crippen molar-refractivity contribution in [2.45, 2.75) is 52.2 Å². The molecule has 1 aliphatic heterocycles. The number of hydrogen-bond donors (Lipinski definition) is 1. The Morgan fingerprint density at radius 3 is 2.30 bits per heavy atom. The van der Waals surface area contributed by atoms with E-state index in [1.807, 2.05) is 45.9 Å².